The number of nitrogens with zero attached hydrogens (tertiary/aromatic N) is 2. The molecule has 2 heterocycles. The molecule has 1 aliphatic heterocycles. The van der Waals surface area contributed by atoms with Gasteiger partial charge in [-0.25, -0.2) is 0 Å². The van der Waals surface area contributed by atoms with E-state index in [4.69, 9.17) is 5.26 Å². The molecule has 1 fully saturated rings. The third kappa shape index (κ3) is 2.17. The van der Waals surface area contributed by atoms with Crippen molar-refractivity contribution in [2.24, 2.45) is 0 Å². The normalized spacial score (nSPS) is 22.4. The van der Waals surface area contributed by atoms with Crippen molar-refractivity contribution in [3.63, 3.8) is 0 Å². The predicted octanol–water partition coefficient (Wildman–Crippen LogP) is 3.00. The molecule has 1 saturated heterocycles. The Morgan fingerprint density at radius 3 is 3.14 bits per heavy atom. The molecule has 0 aromatic carbocycles. The summed E-state index contributed by atoms with van der Waals surface area (Å²) in [4.78, 5) is 3.59. The number of likely N-dealkylation sites (tertiary alicyclic amines) is 1. The van der Waals surface area contributed by atoms with Gasteiger partial charge in [-0.3, -0.25) is 4.90 Å². The van der Waals surface area contributed by atoms with Gasteiger partial charge >= 0.3 is 0 Å². The van der Waals surface area contributed by atoms with E-state index in [2.05, 4.69) is 39.0 Å². The Labute approximate surface area is 96.3 Å². The third-order valence-electron chi connectivity index (χ3n) is 2.50. The maximum absolute atomic E-state index is 8.92. The first-order valence-corrected chi connectivity index (χ1v) is 6.28. The second kappa shape index (κ2) is 4.43. The molecule has 0 aliphatic carbocycles. The Balaban J connectivity index is 2.01. The zero-order chi connectivity index (χ0) is 9.97. The highest BCUT2D eigenvalue weighted by molar-refractivity contribution is 9.11. The Kier molecular flexibility index (Phi) is 3.22. The third-order valence-corrected chi connectivity index (χ3v) is 4.11. The molecule has 1 aromatic heterocycles. The van der Waals surface area contributed by atoms with Gasteiger partial charge in [0.05, 0.1) is 15.9 Å². The largest absolute Gasteiger partial charge is 0.283 e. The summed E-state index contributed by atoms with van der Waals surface area (Å²) in [6, 6.07) is 6.69. The Hall–Kier alpha value is -0.370. The van der Waals surface area contributed by atoms with Gasteiger partial charge in [0.1, 0.15) is 0 Å². The molecule has 0 spiro atoms. The van der Waals surface area contributed by atoms with Crippen molar-refractivity contribution in [3.8, 4) is 6.07 Å². The summed E-state index contributed by atoms with van der Waals surface area (Å²) in [6.07, 6.45) is 2.19. The van der Waals surface area contributed by atoms with Crippen LogP contribution in [0.1, 0.15) is 17.7 Å². The van der Waals surface area contributed by atoms with Crippen LogP contribution in [0.25, 0.3) is 0 Å². The maximum atomic E-state index is 8.92. The van der Waals surface area contributed by atoms with Crippen molar-refractivity contribution in [1.82, 2.24) is 4.90 Å². The maximum Gasteiger partial charge on any atom is 0.0981 e. The molecule has 2 rings (SSSR count). The molecule has 14 heavy (non-hydrogen) atoms. The summed E-state index contributed by atoms with van der Waals surface area (Å²) < 4.78 is 1.17. The van der Waals surface area contributed by atoms with Gasteiger partial charge in [-0.05, 0) is 47.4 Å². The van der Waals surface area contributed by atoms with E-state index in [1.54, 1.807) is 11.3 Å². The topological polar surface area (TPSA) is 27.0 Å². The second-order valence-electron chi connectivity index (χ2n) is 3.46. The van der Waals surface area contributed by atoms with Gasteiger partial charge < -0.3 is 0 Å². The molecule has 74 valence electrons. The highest BCUT2D eigenvalue weighted by atomic mass is 79.9. The number of hydrogen-bond acceptors (Lipinski definition) is 3. The number of rotatable bonds is 2. The highest BCUT2D eigenvalue weighted by Crippen LogP contribution is 2.26. The van der Waals surface area contributed by atoms with Crippen molar-refractivity contribution in [2.45, 2.75) is 25.4 Å². The van der Waals surface area contributed by atoms with Crippen molar-refractivity contribution < 1.29 is 0 Å². The zero-order valence-electron chi connectivity index (χ0n) is 7.74. The van der Waals surface area contributed by atoms with Crippen LogP contribution >= 0.6 is 27.3 Å². The molecule has 1 aromatic rings. The monoisotopic (exact) mass is 270 g/mol. The molecule has 0 bridgehead atoms. The Bertz CT molecular complexity index is 355. The molecule has 0 saturated carbocycles. The quantitative estimate of drug-likeness (QED) is 0.826. The van der Waals surface area contributed by atoms with Crippen LogP contribution in [0.5, 0.6) is 0 Å². The van der Waals surface area contributed by atoms with Crippen LogP contribution in [0.4, 0.5) is 0 Å². The van der Waals surface area contributed by atoms with Crippen molar-refractivity contribution in [2.75, 3.05) is 6.54 Å². The van der Waals surface area contributed by atoms with Crippen molar-refractivity contribution in [1.29, 1.82) is 5.26 Å². The molecule has 1 unspecified atom stereocenters. The van der Waals surface area contributed by atoms with Gasteiger partial charge in [0.2, 0.25) is 0 Å². The number of thiophene rings is 1. The standard InChI is InChI=1S/C10H11BrN2S/c11-10-4-3-9(14-10)7-13-5-1-2-8(13)6-12/h3-4,8H,1-2,5,7H2. The molecule has 0 amide bonds. The fraction of sp³-hybridized carbons (Fsp3) is 0.500. The summed E-state index contributed by atoms with van der Waals surface area (Å²) in [6.45, 7) is 1.99. The molecule has 1 atom stereocenters. The molecule has 0 radical (unpaired) electrons. The van der Waals surface area contributed by atoms with E-state index in [1.165, 1.54) is 8.66 Å². The van der Waals surface area contributed by atoms with Crippen LogP contribution < -0.4 is 0 Å². The highest BCUT2D eigenvalue weighted by Gasteiger charge is 2.24. The lowest BCUT2D eigenvalue weighted by atomic mass is 10.2. The number of halogens is 1. The van der Waals surface area contributed by atoms with Crippen LogP contribution in [0.2, 0.25) is 0 Å². The van der Waals surface area contributed by atoms with Crippen LogP contribution in [-0.2, 0) is 6.54 Å². The van der Waals surface area contributed by atoms with Crippen LogP contribution in [0.15, 0.2) is 15.9 Å². The first-order chi connectivity index (χ1) is 6.79. The van der Waals surface area contributed by atoms with Crippen LogP contribution in [0, 0.1) is 11.3 Å². The summed E-state index contributed by atoms with van der Waals surface area (Å²) in [5.74, 6) is 0. The summed E-state index contributed by atoms with van der Waals surface area (Å²) in [5.41, 5.74) is 0. The fourth-order valence-electron chi connectivity index (χ4n) is 1.80. The SMILES string of the molecule is N#CC1CCCN1Cc1ccc(Br)s1. The average molecular weight is 271 g/mol. The van der Waals surface area contributed by atoms with Crippen molar-refractivity contribution >= 4 is 27.3 Å². The lowest BCUT2D eigenvalue weighted by molar-refractivity contribution is 0.289. The van der Waals surface area contributed by atoms with E-state index < -0.39 is 0 Å². The first kappa shape index (κ1) is 10.2. The van der Waals surface area contributed by atoms with Gasteiger partial charge in [-0.1, -0.05) is 0 Å². The Morgan fingerprint density at radius 1 is 1.64 bits per heavy atom. The molecule has 1 aliphatic rings. The van der Waals surface area contributed by atoms with E-state index in [0.717, 1.165) is 25.9 Å². The smallest absolute Gasteiger partial charge is 0.0981 e. The molecule has 0 N–H and O–H groups in total. The minimum Gasteiger partial charge on any atom is -0.283 e. The lowest BCUT2D eigenvalue weighted by Crippen LogP contribution is -2.26. The van der Waals surface area contributed by atoms with Crippen LogP contribution in [0.3, 0.4) is 0 Å². The van der Waals surface area contributed by atoms with Crippen LogP contribution in [-0.4, -0.2) is 17.5 Å². The van der Waals surface area contributed by atoms with Crippen molar-refractivity contribution in [3.05, 3.63) is 20.8 Å². The van der Waals surface area contributed by atoms with Gasteiger partial charge in [0.25, 0.3) is 0 Å². The van der Waals surface area contributed by atoms with E-state index in [1.807, 2.05) is 0 Å². The second-order valence-corrected chi connectivity index (χ2v) is 6.01. The molecular weight excluding hydrogens is 260 g/mol. The fourth-order valence-corrected chi connectivity index (χ4v) is 3.31. The molecular formula is C10H11BrN2S. The van der Waals surface area contributed by atoms with E-state index in [-0.39, 0.29) is 6.04 Å². The van der Waals surface area contributed by atoms with Gasteiger partial charge in [0, 0.05) is 11.4 Å². The lowest BCUT2D eigenvalue weighted by Gasteiger charge is -2.17. The Morgan fingerprint density at radius 2 is 2.50 bits per heavy atom. The van der Waals surface area contributed by atoms with Gasteiger partial charge in [-0.2, -0.15) is 5.26 Å². The summed E-state index contributed by atoms with van der Waals surface area (Å²) in [7, 11) is 0. The first-order valence-electron chi connectivity index (χ1n) is 4.67. The van der Waals surface area contributed by atoms with Gasteiger partial charge in [0.15, 0.2) is 0 Å². The minimum absolute atomic E-state index is 0.135. The minimum atomic E-state index is 0.135. The van der Waals surface area contributed by atoms with E-state index in [0.29, 0.717) is 0 Å². The van der Waals surface area contributed by atoms with E-state index in [9.17, 15) is 0 Å². The zero-order valence-corrected chi connectivity index (χ0v) is 10.1. The average Bonchev–Trinajstić information content (AvgIpc) is 2.76. The van der Waals surface area contributed by atoms with E-state index >= 15 is 0 Å². The van der Waals surface area contributed by atoms with Gasteiger partial charge in [-0.15, -0.1) is 11.3 Å². The molecule has 4 heteroatoms. The summed E-state index contributed by atoms with van der Waals surface area (Å²) in [5, 5.41) is 8.92. The number of hydrogen-bond donors (Lipinski definition) is 0. The predicted molar refractivity (Wildman–Crippen MR) is 61.1 cm³/mol. The summed E-state index contributed by atoms with van der Waals surface area (Å²) >= 11 is 5.20. The number of nitriles is 1. The molecule has 2 nitrogen and oxygen atoms in total.